The molecule has 12 nitrogen and oxygen atoms in total. The SMILES string of the molecule is CCOC(=O)c1cc(C#N)c(N2CCN(C(=O)NS(=O)(=O)c3ccc(Cl)s3)C(CCC(=O)OC(C)(C)C)C2)nc1C(F)(F)F. The van der Waals surface area contributed by atoms with Crippen LogP contribution >= 0.6 is 22.9 Å². The molecule has 2 aromatic heterocycles. The van der Waals surface area contributed by atoms with E-state index in [2.05, 4.69) is 4.98 Å². The van der Waals surface area contributed by atoms with Crippen LogP contribution in [-0.2, 0) is 30.5 Å². The van der Waals surface area contributed by atoms with Gasteiger partial charge < -0.3 is 19.3 Å². The number of amides is 2. The van der Waals surface area contributed by atoms with Crippen molar-refractivity contribution in [1.82, 2.24) is 14.6 Å². The van der Waals surface area contributed by atoms with Crippen molar-refractivity contribution < 1.29 is 45.4 Å². The van der Waals surface area contributed by atoms with Crippen LogP contribution < -0.4 is 9.62 Å². The van der Waals surface area contributed by atoms with Crippen molar-refractivity contribution >= 4 is 56.7 Å². The molecule has 2 amide bonds. The topological polar surface area (TPSA) is 159 Å². The molecule has 1 aliphatic rings. The van der Waals surface area contributed by atoms with Crippen molar-refractivity contribution in [2.75, 3.05) is 31.1 Å². The highest BCUT2D eigenvalue weighted by Gasteiger charge is 2.41. The van der Waals surface area contributed by atoms with E-state index in [9.17, 15) is 41.2 Å². The van der Waals surface area contributed by atoms with Gasteiger partial charge in [-0.3, -0.25) is 4.79 Å². The number of piperazine rings is 1. The number of rotatable bonds is 8. The van der Waals surface area contributed by atoms with E-state index in [1.165, 1.54) is 24.0 Å². The Morgan fingerprint density at radius 2 is 1.91 bits per heavy atom. The van der Waals surface area contributed by atoms with Crippen LogP contribution in [0.3, 0.4) is 0 Å². The summed E-state index contributed by atoms with van der Waals surface area (Å²) < 4.78 is 79.4. The molecule has 0 spiro atoms. The Morgan fingerprint density at radius 1 is 1.23 bits per heavy atom. The quantitative estimate of drug-likeness (QED) is 0.392. The Bertz CT molecular complexity index is 1570. The Morgan fingerprint density at radius 3 is 2.45 bits per heavy atom. The summed E-state index contributed by atoms with van der Waals surface area (Å²) in [5.41, 5.74) is -3.67. The number of anilines is 1. The first kappa shape index (κ1) is 34.9. The molecule has 240 valence electrons. The summed E-state index contributed by atoms with van der Waals surface area (Å²) in [6.45, 7) is 5.53. The molecule has 1 saturated heterocycles. The fraction of sp³-hybridized carbons (Fsp3) is 0.500. The minimum atomic E-state index is -5.08. The number of alkyl halides is 3. The van der Waals surface area contributed by atoms with E-state index in [1.54, 1.807) is 26.8 Å². The first-order valence-corrected chi connectivity index (χ1v) is 15.8. The number of thiophene rings is 1. The lowest BCUT2D eigenvalue weighted by Gasteiger charge is -2.42. The smallest absolute Gasteiger partial charge is 0.434 e. The Hall–Kier alpha value is -3.62. The molecule has 18 heteroatoms. The number of hydrogen-bond donors (Lipinski definition) is 1. The summed E-state index contributed by atoms with van der Waals surface area (Å²) in [5, 5.41) is 9.75. The summed E-state index contributed by atoms with van der Waals surface area (Å²) >= 11 is 6.55. The van der Waals surface area contributed by atoms with Crippen LogP contribution in [0.4, 0.5) is 23.8 Å². The standard InChI is InChI=1S/C26H29ClF3N5O7S2/c1-5-41-23(37)17-12-15(13-31)22(32-21(17)26(28,29)30)34-10-11-35(16(14-34)6-8-19(36)42-25(2,3)4)24(38)33-44(39,40)20-9-7-18(27)43-20/h7,9,12,16H,5-6,8,10-11,14H2,1-4H3,(H,33,38). The number of urea groups is 1. The Balaban J connectivity index is 1.97. The van der Waals surface area contributed by atoms with Crippen LogP contribution in [0.15, 0.2) is 22.4 Å². The second-order valence-electron chi connectivity index (χ2n) is 10.5. The molecule has 0 saturated carbocycles. The van der Waals surface area contributed by atoms with Gasteiger partial charge in [0.15, 0.2) is 5.69 Å². The van der Waals surface area contributed by atoms with Gasteiger partial charge in [-0.2, -0.15) is 18.4 Å². The highest BCUT2D eigenvalue weighted by Crippen LogP contribution is 2.35. The van der Waals surface area contributed by atoms with Crippen LogP contribution in [0.2, 0.25) is 4.34 Å². The molecule has 3 heterocycles. The average Bonchev–Trinajstić information content (AvgIpc) is 3.36. The van der Waals surface area contributed by atoms with E-state index in [0.717, 1.165) is 22.3 Å². The van der Waals surface area contributed by atoms with E-state index in [0.29, 0.717) is 0 Å². The molecule has 1 N–H and O–H groups in total. The fourth-order valence-electron chi connectivity index (χ4n) is 4.31. The Kier molecular flexibility index (Phi) is 10.8. The van der Waals surface area contributed by atoms with E-state index in [4.69, 9.17) is 21.1 Å². The molecule has 0 aliphatic carbocycles. The zero-order chi connectivity index (χ0) is 33.0. The monoisotopic (exact) mass is 679 g/mol. The maximum Gasteiger partial charge on any atom is 0.434 e. The van der Waals surface area contributed by atoms with Gasteiger partial charge in [-0.15, -0.1) is 11.3 Å². The van der Waals surface area contributed by atoms with E-state index < -0.39 is 62.9 Å². The van der Waals surface area contributed by atoms with Gasteiger partial charge in [0.1, 0.15) is 21.7 Å². The van der Waals surface area contributed by atoms with Crippen molar-refractivity contribution in [2.24, 2.45) is 0 Å². The van der Waals surface area contributed by atoms with Gasteiger partial charge in [0.25, 0.3) is 10.0 Å². The van der Waals surface area contributed by atoms with Gasteiger partial charge in [-0.25, -0.2) is 27.7 Å². The lowest BCUT2D eigenvalue weighted by molar-refractivity contribution is -0.155. The van der Waals surface area contributed by atoms with Gasteiger partial charge in [-0.1, -0.05) is 11.6 Å². The van der Waals surface area contributed by atoms with E-state index in [-0.39, 0.29) is 53.2 Å². The van der Waals surface area contributed by atoms with Gasteiger partial charge in [-0.05, 0) is 52.3 Å². The van der Waals surface area contributed by atoms with Crippen LogP contribution in [0.1, 0.15) is 62.2 Å². The van der Waals surface area contributed by atoms with Crippen LogP contribution in [0, 0.1) is 11.3 Å². The number of aromatic nitrogens is 1. The van der Waals surface area contributed by atoms with Crippen molar-refractivity contribution in [3.8, 4) is 6.07 Å². The number of nitrogens with one attached hydrogen (secondary N) is 1. The zero-order valence-corrected chi connectivity index (χ0v) is 26.4. The summed E-state index contributed by atoms with van der Waals surface area (Å²) in [6.07, 6.45) is -5.37. The van der Waals surface area contributed by atoms with Gasteiger partial charge in [0.05, 0.1) is 28.1 Å². The molecule has 1 atom stereocenters. The minimum absolute atomic E-state index is 0.0708. The molecule has 0 aromatic carbocycles. The third kappa shape index (κ3) is 8.73. The highest BCUT2D eigenvalue weighted by molar-refractivity contribution is 7.92. The lowest BCUT2D eigenvalue weighted by atomic mass is 10.0. The molecule has 1 aliphatic heterocycles. The van der Waals surface area contributed by atoms with Crippen molar-refractivity contribution in [3.05, 3.63) is 39.4 Å². The molecule has 1 fully saturated rings. The second kappa shape index (κ2) is 13.6. The number of esters is 2. The van der Waals surface area contributed by atoms with E-state index in [1.807, 2.05) is 4.72 Å². The van der Waals surface area contributed by atoms with Crippen molar-refractivity contribution in [3.63, 3.8) is 0 Å². The van der Waals surface area contributed by atoms with Gasteiger partial charge in [0, 0.05) is 26.1 Å². The van der Waals surface area contributed by atoms with Crippen LogP contribution in [0.25, 0.3) is 0 Å². The second-order valence-corrected chi connectivity index (χ2v) is 14.1. The largest absolute Gasteiger partial charge is 0.462 e. The summed E-state index contributed by atoms with van der Waals surface area (Å²) in [7, 11) is -4.32. The molecule has 0 radical (unpaired) electrons. The molecule has 3 rings (SSSR count). The number of carbonyl (C=O) groups excluding carboxylic acids is 3. The van der Waals surface area contributed by atoms with E-state index >= 15 is 0 Å². The number of ether oxygens (including phenoxy) is 2. The van der Waals surface area contributed by atoms with Crippen LogP contribution in [0.5, 0.6) is 0 Å². The zero-order valence-electron chi connectivity index (χ0n) is 24.0. The van der Waals surface area contributed by atoms with Crippen molar-refractivity contribution in [2.45, 2.75) is 62.6 Å². The number of nitrogens with zero attached hydrogens (tertiary/aromatic N) is 4. The number of pyridine rings is 1. The third-order valence-corrected chi connectivity index (χ3v) is 9.11. The van der Waals surface area contributed by atoms with Crippen molar-refractivity contribution in [1.29, 1.82) is 5.26 Å². The molecule has 2 aromatic rings. The van der Waals surface area contributed by atoms with Gasteiger partial charge >= 0.3 is 24.1 Å². The Labute approximate surface area is 260 Å². The van der Waals surface area contributed by atoms with Crippen LogP contribution in [-0.4, -0.2) is 74.2 Å². The number of halogens is 4. The lowest BCUT2D eigenvalue weighted by Crippen LogP contribution is -2.58. The summed E-state index contributed by atoms with van der Waals surface area (Å²) in [5.74, 6) is -2.33. The number of sulfonamides is 1. The average molecular weight is 680 g/mol. The first-order chi connectivity index (χ1) is 20.4. The number of hydrogen-bond acceptors (Lipinski definition) is 11. The number of carbonyl (C=O) groups is 3. The fourth-order valence-corrected chi connectivity index (χ4v) is 6.75. The maximum absolute atomic E-state index is 14.0. The predicted octanol–water partition coefficient (Wildman–Crippen LogP) is 4.57. The maximum atomic E-state index is 14.0. The molecular formula is C26H29ClF3N5O7S2. The molecule has 1 unspecified atom stereocenters. The highest BCUT2D eigenvalue weighted by atomic mass is 35.5. The summed E-state index contributed by atoms with van der Waals surface area (Å²) in [6, 6.07) is 3.08. The third-order valence-electron chi connectivity index (χ3n) is 6.07. The minimum Gasteiger partial charge on any atom is -0.462 e. The predicted molar refractivity (Wildman–Crippen MR) is 153 cm³/mol. The first-order valence-electron chi connectivity index (χ1n) is 13.1. The summed E-state index contributed by atoms with van der Waals surface area (Å²) in [4.78, 5) is 44.0. The van der Waals surface area contributed by atoms with Gasteiger partial charge in [0.2, 0.25) is 0 Å². The molecular weight excluding hydrogens is 651 g/mol. The molecule has 0 bridgehead atoms. The molecule has 44 heavy (non-hydrogen) atoms. The number of nitriles is 1. The normalized spacial score (nSPS) is 15.8.